The molecule has 0 spiro atoms. The molecule has 0 aliphatic carbocycles. The first-order chi connectivity index (χ1) is 12.7. The summed E-state index contributed by atoms with van der Waals surface area (Å²) < 4.78 is 5.82. The van der Waals surface area contributed by atoms with Crippen LogP contribution in [-0.2, 0) is 11.3 Å². The lowest BCUT2D eigenvalue weighted by atomic mass is 10.0. The van der Waals surface area contributed by atoms with Crippen molar-refractivity contribution < 1.29 is 4.74 Å². The van der Waals surface area contributed by atoms with Crippen molar-refractivity contribution in [3.05, 3.63) is 23.9 Å². The molecule has 0 amide bonds. The van der Waals surface area contributed by atoms with E-state index >= 15 is 0 Å². The maximum atomic E-state index is 5.82. The molecular formula is C20H34IN5O. The Morgan fingerprint density at radius 1 is 1.19 bits per heavy atom. The highest BCUT2D eigenvalue weighted by molar-refractivity contribution is 14.0. The molecular weight excluding hydrogens is 453 g/mol. The second kappa shape index (κ2) is 11.0. The van der Waals surface area contributed by atoms with Crippen molar-refractivity contribution in [1.29, 1.82) is 0 Å². The predicted octanol–water partition coefficient (Wildman–Crippen LogP) is 3.31. The largest absolute Gasteiger partial charge is 0.373 e. The van der Waals surface area contributed by atoms with E-state index in [1.807, 2.05) is 6.20 Å². The van der Waals surface area contributed by atoms with E-state index in [1.54, 1.807) is 7.05 Å². The maximum Gasteiger partial charge on any atom is 0.191 e. The van der Waals surface area contributed by atoms with Gasteiger partial charge in [0, 0.05) is 46.0 Å². The van der Waals surface area contributed by atoms with Gasteiger partial charge < -0.3 is 20.3 Å². The summed E-state index contributed by atoms with van der Waals surface area (Å²) in [5, 5.41) is 6.74. The molecule has 2 aliphatic rings. The monoisotopic (exact) mass is 487 g/mol. The van der Waals surface area contributed by atoms with Gasteiger partial charge in [-0.3, -0.25) is 4.99 Å². The fourth-order valence-electron chi connectivity index (χ4n) is 3.66. The van der Waals surface area contributed by atoms with Gasteiger partial charge in [0.05, 0.1) is 5.60 Å². The number of nitrogens with zero attached hydrogens (tertiary/aromatic N) is 3. The van der Waals surface area contributed by atoms with Crippen LogP contribution in [0.4, 0.5) is 5.82 Å². The summed E-state index contributed by atoms with van der Waals surface area (Å²) in [6.07, 6.45) is 9.44. The van der Waals surface area contributed by atoms with E-state index in [9.17, 15) is 0 Å². The van der Waals surface area contributed by atoms with Gasteiger partial charge in [0.2, 0.25) is 0 Å². The van der Waals surface area contributed by atoms with E-state index in [-0.39, 0.29) is 29.6 Å². The highest BCUT2D eigenvalue weighted by atomic mass is 127. The molecule has 0 aromatic carbocycles. The number of anilines is 1. The van der Waals surface area contributed by atoms with Crippen LogP contribution >= 0.6 is 24.0 Å². The van der Waals surface area contributed by atoms with Gasteiger partial charge in [-0.25, -0.2) is 4.98 Å². The van der Waals surface area contributed by atoms with E-state index in [2.05, 4.69) is 44.6 Å². The number of aliphatic imine (C=N–C) groups is 1. The number of rotatable bonds is 5. The molecule has 2 fully saturated rings. The van der Waals surface area contributed by atoms with Crippen LogP contribution in [0.1, 0.15) is 51.0 Å². The Morgan fingerprint density at radius 3 is 2.56 bits per heavy atom. The average molecular weight is 487 g/mol. The van der Waals surface area contributed by atoms with Gasteiger partial charge in [0.1, 0.15) is 5.82 Å². The van der Waals surface area contributed by atoms with Gasteiger partial charge >= 0.3 is 0 Å². The second-order valence-electron chi connectivity index (χ2n) is 7.61. The van der Waals surface area contributed by atoms with E-state index in [1.165, 1.54) is 25.7 Å². The van der Waals surface area contributed by atoms with Gasteiger partial charge in [-0.1, -0.05) is 18.9 Å². The Bertz CT molecular complexity index is 579. The van der Waals surface area contributed by atoms with Crippen molar-refractivity contribution in [2.75, 3.05) is 38.2 Å². The molecule has 1 aromatic heterocycles. The molecule has 3 rings (SSSR count). The fraction of sp³-hybridized carbons (Fsp3) is 0.700. The SMILES string of the molecule is CN=C(NCc1ccc(N2CCCCCC2)nc1)NCC1(C)CCCO1.I. The minimum absolute atomic E-state index is 0. The van der Waals surface area contributed by atoms with Crippen molar-refractivity contribution in [3.8, 4) is 0 Å². The summed E-state index contributed by atoms with van der Waals surface area (Å²) in [5.74, 6) is 1.91. The van der Waals surface area contributed by atoms with Crippen LogP contribution in [0.15, 0.2) is 23.3 Å². The number of halogens is 1. The van der Waals surface area contributed by atoms with Crippen LogP contribution in [-0.4, -0.2) is 49.8 Å². The summed E-state index contributed by atoms with van der Waals surface area (Å²) in [6, 6.07) is 4.31. The second-order valence-corrected chi connectivity index (χ2v) is 7.61. The van der Waals surface area contributed by atoms with Crippen LogP contribution in [0.25, 0.3) is 0 Å². The van der Waals surface area contributed by atoms with E-state index in [0.29, 0.717) is 6.54 Å². The smallest absolute Gasteiger partial charge is 0.191 e. The molecule has 27 heavy (non-hydrogen) atoms. The van der Waals surface area contributed by atoms with Crippen molar-refractivity contribution in [2.24, 2.45) is 4.99 Å². The number of pyridine rings is 1. The summed E-state index contributed by atoms with van der Waals surface area (Å²) in [7, 11) is 1.80. The first-order valence-electron chi connectivity index (χ1n) is 9.97. The molecule has 0 radical (unpaired) electrons. The Hall–Kier alpha value is -1.09. The molecule has 1 unspecified atom stereocenters. The normalized spacial score (nSPS) is 23.5. The number of guanidine groups is 1. The van der Waals surface area contributed by atoms with Crippen molar-refractivity contribution in [1.82, 2.24) is 15.6 Å². The van der Waals surface area contributed by atoms with E-state index < -0.39 is 0 Å². The van der Waals surface area contributed by atoms with E-state index in [0.717, 1.165) is 56.4 Å². The minimum Gasteiger partial charge on any atom is -0.373 e. The zero-order valence-corrected chi connectivity index (χ0v) is 19.0. The van der Waals surface area contributed by atoms with Crippen LogP contribution in [0.5, 0.6) is 0 Å². The van der Waals surface area contributed by atoms with Crippen molar-refractivity contribution in [3.63, 3.8) is 0 Å². The van der Waals surface area contributed by atoms with Gasteiger partial charge in [-0.2, -0.15) is 0 Å². The van der Waals surface area contributed by atoms with E-state index in [4.69, 9.17) is 4.74 Å². The van der Waals surface area contributed by atoms with Gasteiger partial charge in [0.25, 0.3) is 0 Å². The molecule has 3 heterocycles. The summed E-state index contributed by atoms with van der Waals surface area (Å²) in [5.41, 5.74) is 1.09. The molecule has 0 saturated carbocycles. The predicted molar refractivity (Wildman–Crippen MR) is 122 cm³/mol. The van der Waals surface area contributed by atoms with Crippen LogP contribution < -0.4 is 15.5 Å². The van der Waals surface area contributed by atoms with Gasteiger partial charge in [0.15, 0.2) is 5.96 Å². The Kier molecular flexibility index (Phi) is 9.08. The quantitative estimate of drug-likeness (QED) is 0.379. The number of ether oxygens (including phenoxy) is 1. The molecule has 0 bridgehead atoms. The lowest BCUT2D eigenvalue weighted by molar-refractivity contribution is 0.0243. The third kappa shape index (κ3) is 6.78. The standard InChI is InChI=1S/C20H33N5O.HI/c1-20(10-7-13-26-20)16-24-19(21-2)23-15-17-8-9-18(22-14-17)25-11-5-3-4-6-12-25;/h8-9,14H,3-7,10-13,15-16H2,1-2H3,(H2,21,23,24);1H. The van der Waals surface area contributed by atoms with Crippen molar-refractivity contribution in [2.45, 2.75) is 57.6 Å². The number of aromatic nitrogens is 1. The zero-order chi connectivity index (χ0) is 18.2. The topological polar surface area (TPSA) is 61.8 Å². The lowest BCUT2D eigenvalue weighted by Gasteiger charge is -2.24. The van der Waals surface area contributed by atoms with Gasteiger partial charge in [-0.15, -0.1) is 24.0 Å². The molecule has 7 heteroatoms. The molecule has 1 atom stereocenters. The third-order valence-electron chi connectivity index (χ3n) is 5.35. The Labute approximate surface area is 180 Å². The molecule has 2 aliphatic heterocycles. The van der Waals surface area contributed by atoms with Gasteiger partial charge in [-0.05, 0) is 44.2 Å². The minimum atomic E-state index is -0.0754. The molecule has 1 aromatic rings. The number of nitrogens with one attached hydrogen (secondary N) is 2. The van der Waals surface area contributed by atoms with Crippen molar-refractivity contribution >= 4 is 35.8 Å². The zero-order valence-electron chi connectivity index (χ0n) is 16.7. The fourth-order valence-corrected chi connectivity index (χ4v) is 3.66. The molecule has 2 N–H and O–H groups in total. The lowest BCUT2D eigenvalue weighted by Crippen LogP contribution is -2.45. The first-order valence-corrected chi connectivity index (χ1v) is 9.97. The molecule has 152 valence electrons. The summed E-state index contributed by atoms with van der Waals surface area (Å²) >= 11 is 0. The maximum absolute atomic E-state index is 5.82. The highest BCUT2D eigenvalue weighted by Gasteiger charge is 2.29. The highest BCUT2D eigenvalue weighted by Crippen LogP contribution is 2.23. The van der Waals surface area contributed by atoms with Crippen LogP contribution in [0.3, 0.4) is 0 Å². The Morgan fingerprint density at radius 2 is 1.96 bits per heavy atom. The molecule has 6 nitrogen and oxygen atoms in total. The Balaban J connectivity index is 0.00000261. The summed E-state index contributed by atoms with van der Waals surface area (Å²) in [4.78, 5) is 11.4. The van der Waals surface area contributed by atoms with Crippen LogP contribution in [0.2, 0.25) is 0 Å². The van der Waals surface area contributed by atoms with Crippen LogP contribution in [0, 0.1) is 0 Å². The number of hydrogen-bond donors (Lipinski definition) is 2. The number of hydrogen-bond acceptors (Lipinski definition) is 4. The average Bonchev–Trinajstić information content (AvgIpc) is 2.93. The third-order valence-corrected chi connectivity index (χ3v) is 5.35. The molecule has 2 saturated heterocycles. The first kappa shape index (κ1) is 22.2. The summed E-state index contributed by atoms with van der Waals surface area (Å²) in [6.45, 7) is 6.76.